The van der Waals surface area contributed by atoms with Crippen LogP contribution >= 0.6 is 11.8 Å². The quantitative estimate of drug-likeness (QED) is 0.626. The highest BCUT2D eigenvalue weighted by molar-refractivity contribution is 7.99. The molecule has 2 N–H and O–H groups in total. The van der Waals surface area contributed by atoms with E-state index in [1.165, 1.54) is 0 Å². The van der Waals surface area contributed by atoms with E-state index in [9.17, 15) is 8.42 Å². The van der Waals surface area contributed by atoms with Crippen LogP contribution in [0.2, 0.25) is 0 Å². The first-order valence-electron chi connectivity index (χ1n) is 7.13. The molecule has 0 saturated heterocycles. The Hall–Kier alpha value is -1.05. The summed E-state index contributed by atoms with van der Waals surface area (Å²) in [4.78, 5) is 4.70. The number of primary sulfonamides is 1. The maximum atomic E-state index is 11.4. The molecule has 0 aliphatic carbocycles. The summed E-state index contributed by atoms with van der Waals surface area (Å²) >= 11 is 1.72. The van der Waals surface area contributed by atoms with E-state index in [1.54, 1.807) is 30.0 Å². The number of sulfonamides is 1. The number of nitrogens with zero attached hydrogens (tertiary/aromatic N) is 2. The summed E-state index contributed by atoms with van der Waals surface area (Å²) in [7, 11) is -3.69. The van der Waals surface area contributed by atoms with Gasteiger partial charge in [-0.15, -0.1) is 0 Å². The van der Waals surface area contributed by atoms with E-state index in [0.717, 1.165) is 42.2 Å². The largest absolute Gasteiger partial charge is 0.319 e. The Kier molecular flexibility index (Phi) is 5.29. The number of nitrogens with two attached hydrogens (primary N) is 1. The Balaban J connectivity index is 2.45. The molecule has 0 atom stereocenters. The highest BCUT2D eigenvalue weighted by Gasteiger charge is 2.14. The highest BCUT2D eigenvalue weighted by Crippen LogP contribution is 2.26. The third-order valence-corrected chi connectivity index (χ3v) is 5.16. The van der Waals surface area contributed by atoms with Crippen molar-refractivity contribution >= 4 is 32.8 Å². The van der Waals surface area contributed by atoms with Crippen molar-refractivity contribution < 1.29 is 8.42 Å². The zero-order chi connectivity index (χ0) is 15.5. The third kappa shape index (κ3) is 3.78. The van der Waals surface area contributed by atoms with Crippen LogP contribution in [0.1, 0.15) is 33.1 Å². The van der Waals surface area contributed by atoms with Crippen molar-refractivity contribution in [3.8, 4) is 0 Å². The van der Waals surface area contributed by atoms with E-state index in [2.05, 4.69) is 23.4 Å². The number of aromatic nitrogens is 2. The first-order valence-corrected chi connectivity index (χ1v) is 9.66. The van der Waals surface area contributed by atoms with Crippen LogP contribution < -0.4 is 5.14 Å². The average Bonchev–Trinajstić information content (AvgIpc) is 2.76. The van der Waals surface area contributed by atoms with Crippen LogP contribution in [0.3, 0.4) is 0 Å². The van der Waals surface area contributed by atoms with Crippen LogP contribution in [-0.4, -0.2) is 23.7 Å². The van der Waals surface area contributed by atoms with Gasteiger partial charge >= 0.3 is 0 Å². The molecule has 0 unspecified atom stereocenters. The lowest BCUT2D eigenvalue weighted by Crippen LogP contribution is -2.11. The minimum atomic E-state index is -3.69. The molecule has 1 aromatic heterocycles. The lowest BCUT2D eigenvalue weighted by atomic mass is 10.3. The zero-order valence-electron chi connectivity index (χ0n) is 12.4. The van der Waals surface area contributed by atoms with Gasteiger partial charge in [-0.1, -0.05) is 32.0 Å². The van der Waals surface area contributed by atoms with Gasteiger partial charge in [0.05, 0.1) is 15.9 Å². The molecule has 0 aliphatic heterocycles. The molecule has 1 heterocycles. The molecular formula is C14H21N3O2S2. The summed E-state index contributed by atoms with van der Waals surface area (Å²) in [5, 5.41) is 6.13. The smallest absolute Gasteiger partial charge is 0.238 e. The normalized spacial score (nSPS) is 12.1. The van der Waals surface area contributed by atoms with Crippen molar-refractivity contribution in [2.24, 2.45) is 5.14 Å². The zero-order valence-corrected chi connectivity index (χ0v) is 14.0. The van der Waals surface area contributed by atoms with Crippen molar-refractivity contribution in [2.45, 2.75) is 49.7 Å². The highest BCUT2D eigenvalue weighted by atomic mass is 32.2. The minimum absolute atomic E-state index is 0.112. The Morgan fingerprint density at radius 3 is 2.67 bits per heavy atom. The SMILES string of the molecule is CCCCSc1nc2cc(S(N)(=O)=O)ccc2n1CCC. The Bertz CT molecular complexity index is 723. The minimum Gasteiger partial charge on any atom is -0.319 e. The maximum Gasteiger partial charge on any atom is 0.238 e. The van der Waals surface area contributed by atoms with Crippen molar-refractivity contribution in [3.05, 3.63) is 18.2 Å². The van der Waals surface area contributed by atoms with Crippen LogP contribution in [0.5, 0.6) is 0 Å². The Morgan fingerprint density at radius 2 is 2.05 bits per heavy atom. The van der Waals surface area contributed by atoms with E-state index in [1.807, 2.05) is 0 Å². The molecule has 5 nitrogen and oxygen atoms in total. The summed E-state index contributed by atoms with van der Waals surface area (Å²) < 4.78 is 25.0. The maximum absolute atomic E-state index is 11.4. The Labute approximate surface area is 130 Å². The number of imidazole rings is 1. The lowest BCUT2D eigenvalue weighted by Gasteiger charge is -2.07. The van der Waals surface area contributed by atoms with Crippen molar-refractivity contribution in [2.75, 3.05) is 5.75 Å². The first-order chi connectivity index (χ1) is 9.97. The summed E-state index contributed by atoms with van der Waals surface area (Å²) in [6.07, 6.45) is 3.29. The molecule has 0 amide bonds. The number of rotatable bonds is 7. The molecular weight excluding hydrogens is 306 g/mol. The second-order valence-electron chi connectivity index (χ2n) is 4.94. The van der Waals surface area contributed by atoms with Crippen LogP contribution in [0.4, 0.5) is 0 Å². The molecule has 116 valence electrons. The van der Waals surface area contributed by atoms with Gasteiger partial charge in [-0.2, -0.15) is 0 Å². The van der Waals surface area contributed by atoms with Crippen LogP contribution in [-0.2, 0) is 16.6 Å². The van der Waals surface area contributed by atoms with Gasteiger partial charge < -0.3 is 4.57 Å². The first kappa shape index (κ1) is 16.3. The van der Waals surface area contributed by atoms with Gasteiger partial charge in [0.1, 0.15) is 0 Å². The number of benzene rings is 1. The summed E-state index contributed by atoms with van der Waals surface area (Å²) in [6.45, 7) is 5.15. The second-order valence-corrected chi connectivity index (χ2v) is 7.57. The monoisotopic (exact) mass is 327 g/mol. The van der Waals surface area contributed by atoms with Gasteiger partial charge in [-0.05, 0) is 31.0 Å². The molecule has 2 aromatic rings. The number of hydrogen-bond acceptors (Lipinski definition) is 4. The van der Waals surface area contributed by atoms with E-state index >= 15 is 0 Å². The molecule has 0 fully saturated rings. The van der Waals surface area contributed by atoms with E-state index < -0.39 is 10.0 Å². The molecule has 0 radical (unpaired) electrons. The number of fused-ring (bicyclic) bond motifs is 1. The van der Waals surface area contributed by atoms with Crippen molar-refractivity contribution in [3.63, 3.8) is 0 Å². The van der Waals surface area contributed by atoms with Gasteiger partial charge in [0.2, 0.25) is 10.0 Å². The fourth-order valence-corrected chi connectivity index (χ4v) is 3.78. The molecule has 7 heteroatoms. The van der Waals surface area contributed by atoms with Crippen LogP contribution in [0.15, 0.2) is 28.3 Å². The fraction of sp³-hybridized carbons (Fsp3) is 0.500. The second kappa shape index (κ2) is 6.81. The number of aryl methyl sites for hydroxylation is 1. The number of thioether (sulfide) groups is 1. The van der Waals surface area contributed by atoms with Gasteiger partial charge in [0.15, 0.2) is 5.16 Å². The summed E-state index contributed by atoms with van der Waals surface area (Å²) in [5.41, 5.74) is 1.65. The topological polar surface area (TPSA) is 78.0 Å². The molecule has 0 spiro atoms. The molecule has 1 aromatic carbocycles. The number of unbranched alkanes of at least 4 members (excludes halogenated alkanes) is 1. The van der Waals surface area contributed by atoms with Gasteiger partial charge in [0, 0.05) is 12.3 Å². The lowest BCUT2D eigenvalue weighted by molar-refractivity contribution is 0.598. The average molecular weight is 327 g/mol. The van der Waals surface area contributed by atoms with Gasteiger partial charge in [-0.3, -0.25) is 0 Å². The van der Waals surface area contributed by atoms with E-state index in [-0.39, 0.29) is 4.90 Å². The van der Waals surface area contributed by atoms with Gasteiger partial charge in [0.25, 0.3) is 0 Å². The van der Waals surface area contributed by atoms with Crippen molar-refractivity contribution in [1.29, 1.82) is 0 Å². The fourth-order valence-electron chi connectivity index (χ4n) is 2.12. The van der Waals surface area contributed by atoms with Gasteiger partial charge in [-0.25, -0.2) is 18.5 Å². The predicted octanol–water partition coefficient (Wildman–Crippen LogP) is 2.99. The molecule has 0 aliphatic rings. The van der Waals surface area contributed by atoms with Crippen LogP contribution in [0, 0.1) is 0 Å². The van der Waals surface area contributed by atoms with Crippen molar-refractivity contribution in [1.82, 2.24) is 9.55 Å². The standard InChI is InChI=1S/C14H21N3O2S2/c1-3-5-9-20-14-16-12-10-11(21(15,18)19)6-7-13(12)17(14)8-4-2/h6-7,10H,3-5,8-9H2,1-2H3,(H2,15,18,19). The predicted molar refractivity (Wildman–Crippen MR) is 87.0 cm³/mol. The molecule has 0 bridgehead atoms. The Morgan fingerprint density at radius 1 is 1.29 bits per heavy atom. The molecule has 21 heavy (non-hydrogen) atoms. The molecule has 2 rings (SSSR count). The van der Waals surface area contributed by atoms with E-state index in [4.69, 9.17) is 5.14 Å². The summed E-state index contributed by atoms with van der Waals surface area (Å²) in [6, 6.07) is 4.90. The molecule has 0 saturated carbocycles. The summed E-state index contributed by atoms with van der Waals surface area (Å²) in [5.74, 6) is 1.02. The van der Waals surface area contributed by atoms with E-state index in [0.29, 0.717) is 5.52 Å². The number of hydrogen-bond donors (Lipinski definition) is 1. The van der Waals surface area contributed by atoms with Crippen LogP contribution in [0.25, 0.3) is 11.0 Å². The third-order valence-electron chi connectivity index (χ3n) is 3.19.